The highest BCUT2D eigenvalue weighted by atomic mass is 16.8. The van der Waals surface area contributed by atoms with Crippen molar-refractivity contribution in [3.8, 4) is 28.7 Å². The molecule has 2 N–H and O–H groups in total. The standard InChI is InChI=1S/C30H34O13/c1-12-37-10-21-28(41-12)24(31)25(32)30(42-21)43-26-15-8-18-17(39-11-40-18)7-14(15)22(23-16(26)9-38-29(23)33)13-5-19(34-2)27(36-4)20(6-13)35-3/h5-8,12,16,21-26,28,30-32H,9-11H2,1-4H3. The van der Waals surface area contributed by atoms with E-state index < -0.39 is 66.8 Å². The molecule has 0 radical (unpaired) electrons. The normalized spacial score (nSPS) is 35.8. The second-order valence-corrected chi connectivity index (χ2v) is 11.2. The van der Waals surface area contributed by atoms with Crippen molar-refractivity contribution >= 4 is 5.97 Å². The first kappa shape index (κ1) is 28.4. The third-order valence-electron chi connectivity index (χ3n) is 8.93. The molecule has 4 aliphatic heterocycles. The molecule has 10 unspecified atom stereocenters. The van der Waals surface area contributed by atoms with E-state index in [9.17, 15) is 15.0 Å². The predicted octanol–water partition coefficient (Wildman–Crippen LogP) is 1.64. The Morgan fingerprint density at radius 2 is 1.53 bits per heavy atom. The van der Waals surface area contributed by atoms with Gasteiger partial charge in [-0.05, 0) is 47.9 Å². The Kier molecular flexibility index (Phi) is 7.27. The average Bonchev–Trinajstić information content (AvgIpc) is 3.64. The van der Waals surface area contributed by atoms with Gasteiger partial charge in [-0.25, -0.2) is 0 Å². The van der Waals surface area contributed by atoms with Crippen molar-refractivity contribution in [2.75, 3.05) is 41.3 Å². The number of ether oxygens (including phenoxy) is 10. The molecular weight excluding hydrogens is 568 g/mol. The van der Waals surface area contributed by atoms with E-state index in [0.29, 0.717) is 34.3 Å². The Balaban J connectivity index is 1.32. The molecule has 13 nitrogen and oxygen atoms in total. The Morgan fingerprint density at radius 3 is 2.21 bits per heavy atom. The van der Waals surface area contributed by atoms with Crippen LogP contribution in [0.3, 0.4) is 0 Å². The summed E-state index contributed by atoms with van der Waals surface area (Å²) < 4.78 is 57.7. The van der Waals surface area contributed by atoms with Gasteiger partial charge in [-0.1, -0.05) is 0 Å². The van der Waals surface area contributed by atoms with Crippen LogP contribution in [0.2, 0.25) is 0 Å². The van der Waals surface area contributed by atoms with E-state index in [1.54, 1.807) is 6.92 Å². The number of esters is 1. The average molecular weight is 603 g/mol. The largest absolute Gasteiger partial charge is 0.493 e. The van der Waals surface area contributed by atoms with Crippen LogP contribution in [-0.4, -0.2) is 94.5 Å². The number of carbonyl (C=O) groups is 1. The first-order valence-corrected chi connectivity index (χ1v) is 14.2. The Bertz CT molecular complexity index is 1370. The molecule has 3 fully saturated rings. The summed E-state index contributed by atoms with van der Waals surface area (Å²) in [4.78, 5) is 13.5. The van der Waals surface area contributed by atoms with E-state index in [2.05, 4.69) is 0 Å². The molecule has 10 atom stereocenters. The van der Waals surface area contributed by atoms with Gasteiger partial charge >= 0.3 is 5.97 Å². The third kappa shape index (κ3) is 4.57. The number of carbonyl (C=O) groups excluding carboxylic acids is 1. The quantitative estimate of drug-likeness (QED) is 0.462. The number of methoxy groups -OCH3 is 3. The Morgan fingerprint density at radius 1 is 0.837 bits per heavy atom. The van der Waals surface area contributed by atoms with E-state index in [1.807, 2.05) is 24.3 Å². The minimum atomic E-state index is -1.42. The van der Waals surface area contributed by atoms with E-state index in [-0.39, 0.29) is 20.0 Å². The fourth-order valence-electron chi connectivity index (χ4n) is 6.92. The lowest BCUT2D eigenvalue weighted by Gasteiger charge is -2.47. The van der Waals surface area contributed by atoms with Crippen molar-refractivity contribution in [3.05, 3.63) is 41.0 Å². The molecule has 0 bridgehead atoms. The summed E-state index contributed by atoms with van der Waals surface area (Å²) in [6.45, 7) is 1.99. The molecule has 2 aromatic rings. The molecule has 3 saturated heterocycles. The third-order valence-corrected chi connectivity index (χ3v) is 8.93. The lowest BCUT2D eigenvalue weighted by atomic mass is 9.66. The lowest BCUT2D eigenvalue weighted by Crippen LogP contribution is -2.63. The molecule has 0 aromatic heterocycles. The highest BCUT2D eigenvalue weighted by Crippen LogP contribution is 2.57. The summed E-state index contributed by atoms with van der Waals surface area (Å²) in [5.74, 6) is 0.289. The molecule has 5 aliphatic rings. The maximum absolute atomic E-state index is 13.5. The van der Waals surface area contributed by atoms with E-state index in [4.69, 9.17) is 47.4 Å². The SMILES string of the molecule is COc1cc(C2c3cc4c(cc3C(OC3OC5COC(C)OC5C(O)C3O)C3COC(=O)C23)OCO4)cc(OC)c1OC. The zero-order chi connectivity index (χ0) is 30.0. The maximum Gasteiger partial charge on any atom is 0.310 e. The van der Waals surface area contributed by atoms with Crippen LogP contribution < -0.4 is 23.7 Å². The molecule has 232 valence electrons. The first-order chi connectivity index (χ1) is 20.8. The Hall–Kier alpha value is -3.33. The summed E-state index contributed by atoms with van der Waals surface area (Å²) in [7, 11) is 4.58. The summed E-state index contributed by atoms with van der Waals surface area (Å²) in [5, 5.41) is 22.0. The second-order valence-electron chi connectivity index (χ2n) is 11.2. The fourth-order valence-corrected chi connectivity index (χ4v) is 6.92. The summed E-state index contributed by atoms with van der Waals surface area (Å²) in [6, 6.07) is 7.31. The molecule has 0 saturated carbocycles. The van der Waals surface area contributed by atoms with Crippen molar-refractivity contribution in [1.29, 1.82) is 0 Å². The maximum atomic E-state index is 13.5. The van der Waals surface area contributed by atoms with E-state index in [0.717, 1.165) is 11.1 Å². The van der Waals surface area contributed by atoms with Crippen LogP contribution in [0, 0.1) is 11.8 Å². The van der Waals surface area contributed by atoms with Gasteiger partial charge in [-0.15, -0.1) is 0 Å². The smallest absolute Gasteiger partial charge is 0.310 e. The van der Waals surface area contributed by atoms with Crippen molar-refractivity contribution in [1.82, 2.24) is 0 Å². The van der Waals surface area contributed by atoms with Gasteiger partial charge in [0.1, 0.15) is 24.4 Å². The minimum Gasteiger partial charge on any atom is -0.493 e. The summed E-state index contributed by atoms with van der Waals surface area (Å²) in [5.41, 5.74) is 2.19. The van der Waals surface area contributed by atoms with Gasteiger partial charge in [-0.3, -0.25) is 4.79 Å². The molecular formula is C30H34O13. The van der Waals surface area contributed by atoms with Crippen LogP contribution in [0.5, 0.6) is 28.7 Å². The molecule has 0 amide bonds. The van der Waals surface area contributed by atoms with Crippen molar-refractivity contribution in [2.24, 2.45) is 11.8 Å². The molecule has 4 heterocycles. The number of hydrogen-bond acceptors (Lipinski definition) is 13. The zero-order valence-electron chi connectivity index (χ0n) is 24.1. The van der Waals surface area contributed by atoms with E-state index in [1.165, 1.54) is 21.3 Å². The molecule has 13 heteroatoms. The Labute approximate surface area is 247 Å². The summed E-state index contributed by atoms with van der Waals surface area (Å²) in [6.07, 6.45) is -6.70. The monoisotopic (exact) mass is 602 g/mol. The van der Waals surface area contributed by atoms with Crippen molar-refractivity contribution < 1.29 is 62.4 Å². The lowest BCUT2D eigenvalue weighted by molar-refractivity contribution is -0.364. The van der Waals surface area contributed by atoms with Crippen LogP contribution in [0.25, 0.3) is 0 Å². The summed E-state index contributed by atoms with van der Waals surface area (Å²) >= 11 is 0. The van der Waals surface area contributed by atoms with Crippen LogP contribution in [0.4, 0.5) is 0 Å². The number of cyclic esters (lactones) is 1. The van der Waals surface area contributed by atoms with Gasteiger partial charge in [0.15, 0.2) is 35.6 Å². The van der Waals surface area contributed by atoms with Gasteiger partial charge < -0.3 is 57.6 Å². The van der Waals surface area contributed by atoms with E-state index >= 15 is 0 Å². The number of benzene rings is 2. The zero-order valence-corrected chi connectivity index (χ0v) is 24.1. The second kappa shape index (κ2) is 11.0. The molecule has 0 spiro atoms. The number of aliphatic hydroxyl groups excluding tert-OH is 2. The topological polar surface area (TPSA) is 150 Å². The number of hydrogen-bond donors (Lipinski definition) is 2. The van der Waals surface area contributed by atoms with Gasteiger partial charge in [-0.2, -0.15) is 0 Å². The molecule has 2 aromatic carbocycles. The fraction of sp³-hybridized carbons (Fsp3) is 0.567. The number of rotatable bonds is 6. The van der Waals surface area contributed by atoms with Gasteiger partial charge in [0, 0.05) is 11.8 Å². The highest BCUT2D eigenvalue weighted by Gasteiger charge is 2.56. The highest BCUT2D eigenvalue weighted by molar-refractivity contribution is 5.79. The van der Waals surface area contributed by atoms with Gasteiger partial charge in [0.2, 0.25) is 12.5 Å². The first-order valence-electron chi connectivity index (χ1n) is 14.2. The molecule has 43 heavy (non-hydrogen) atoms. The van der Waals surface area contributed by atoms with Gasteiger partial charge in [0.25, 0.3) is 0 Å². The molecule has 7 rings (SSSR count). The minimum absolute atomic E-state index is 0.0473. The molecule has 1 aliphatic carbocycles. The van der Waals surface area contributed by atoms with Crippen LogP contribution in [0.1, 0.15) is 35.6 Å². The van der Waals surface area contributed by atoms with Crippen LogP contribution >= 0.6 is 0 Å². The van der Waals surface area contributed by atoms with Crippen molar-refractivity contribution in [3.63, 3.8) is 0 Å². The van der Waals surface area contributed by atoms with Crippen LogP contribution in [0.15, 0.2) is 24.3 Å². The van der Waals surface area contributed by atoms with Gasteiger partial charge in [0.05, 0.1) is 46.6 Å². The van der Waals surface area contributed by atoms with Crippen LogP contribution in [-0.2, 0) is 28.5 Å². The number of fused-ring (bicyclic) bond motifs is 4. The number of aliphatic hydroxyl groups is 2. The van der Waals surface area contributed by atoms with Crippen molar-refractivity contribution in [2.45, 2.75) is 55.9 Å². The predicted molar refractivity (Wildman–Crippen MR) is 143 cm³/mol.